The van der Waals surface area contributed by atoms with Gasteiger partial charge >= 0.3 is 5.97 Å². The fraction of sp³-hybridized carbons (Fsp3) is 0.333. The first-order valence-electron chi connectivity index (χ1n) is 7.61. The molecule has 0 saturated heterocycles. The number of nitrogens with one attached hydrogen (secondary N) is 2. The summed E-state index contributed by atoms with van der Waals surface area (Å²) in [4.78, 5) is 26.8. The molecule has 0 aliphatic heterocycles. The van der Waals surface area contributed by atoms with Crippen LogP contribution in [0.4, 0.5) is 0 Å². The maximum absolute atomic E-state index is 12.2. The number of para-hydroxylation sites is 1. The van der Waals surface area contributed by atoms with E-state index in [1.54, 1.807) is 13.1 Å². The molecule has 0 spiro atoms. The molecule has 1 heterocycles. The summed E-state index contributed by atoms with van der Waals surface area (Å²) in [5.41, 5.74) is 2.73. The minimum atomic E-state index is -1.04. The number of aromatic nitrogens is 1. The van der Waals surface area contributed by atoms with Crippen LogP contribution in [0.25, 0.3) is 10.9 Å². The third kappa shape index (κ3) is 4.22. The van der Waals surface area contributed by atoms with E-state index in [-0.39, 0.29) is 18.2 Å². The van der Waals surface area contributed by atoms with Crippen LogP contribution >= 0.6 is 0 Å². The van der Waals surface area contributed by atoms with E-state index >= 15 is 0 Å². The lowest BCUT2D eigenvalue weighted by Crippen LogP contribution is -2.44. The number of carbonyl (C=O) groups excluding carboxylic acids is 1. The summed E-state index contributed by atoms with van der Waals surface area (Å²) < 4.78 is 0. The minimum absolute atomic E-state index is 0.241. The SMILES string of the molecule is C=C(C)CC(C)C(=O)NC(Cc1c[nH]c2ccccc12)C(=O)O. The van der Waals surface area contributed by atoms with Gasteiger partial charge in [0.15, 0.2) is 0 Å². The number of H-pyrrole nitrogens is 1. The van der Waals surface area contributed by atoms with Crippen molar-refractivity contribution in [2.24, 2.45) is 5.92 Å². The van der Waals surface area contributed by atoms with Gasteiger partial charge in [-0.2, -0.15) is 0 Å². The standard InChI is InChI=1S/C18H22N2O3/c1-11(2)8-12(3)17(21)20-16(18(22)23)9-13-10-19-15-7-5-4-6-14(13)15/h4-7,10,12,16,19H,1,8-9H2,2-3H3,(H,20,21)(H,22,23). The summed E-state index contributed by atoms with van der Waals surface area (Å²) in [5.74, 6) is -1.59. The molecule has 2 aromatic rings. The Morgan fingerprint density at radius 2 is 2.04 bits per heavy atom. The molecule has 3 N–H and O–H groups in total. The van der Waals surface area contributed by atoms with Crippen LogP contribution in [-0.2, 0) is 16.0 Å². The van der Waals surface area contributed by atoms with Gasteiger partial charge in [-0.05, 0) is 25.0 Å². The lowest BCUT2D eigenvalue weighted by atomic mass is 10.0. The monoisotopic (exact) mass is 314 g/mol. The minimum Gasteiger partial charge on any atom is -0.480 e. The first kappa shape index (κ1) is 16.8. The summed E-state index contributed by atoms with van der Waals surface area (Å²) >= 11 is 0. The van der Waals surface area contributed by atoms with Gasteiger partial charge in [0.25, 0.3) is 0 Å². The van der Waals surface area contributed by atoms with Crippen LogP contribution in [0.1, 0.15) is 25.8 Å². The highest BCUT2D eigenvalue weighted by molar-refractivity contribution is 5.87. The molecule has 5 nitrogen and oxygen atoms in total. The second kappa shape index (κ2) is 7.13. The summed E-state index contributed by atoms with van der Waals surface area (Å²) in [7, 11) is 0. The van der Waals surface area contributed by atoms with Crippen LogP contribution in [0.15, 0.2) is 42.6 Å². The van der Waals surface area contributed by atoms with Crippen molar-refractivity contribution >= 4 is 22.8 Å². The highest BCUT2D eigenvalue weighted by Gasteiger charge is 2.24. The van der Waals surface area contributed by atoms with Crippen LogP contribution in [0, 0.1) is 5.92 Å². The molecule has 0 radical (unpaired) electrons. The second-order valence-electron chi connectivity index (χ2n) is 6.03. The Labute approximate surface area is 135 Å². The van der Waals surface area contributed by atoms with E-state index in [1.807, 2.05) is 31.2 Å². The van der Waals surface area contributed by atoms with Crippen LogP contribution < -0.4 is 5.32 Å². The van der Waals surface area contributed by atoms with Crippen molar-refractivity contribution in [2.45, 2.75) is 32.7 Å². The van der Waals surface area contributed by atoms with Gasteiger partial charge in [0.2, 0.25) is 5.91 Å². The van der Waals surface area contributed by atoms with Gasteiger partial charge in [0.05, 0.1) is 0 Å². The Kier molecular flexibility index (Phi) is 5.21. The van der Waals surface area contributed by atoms with Gasteiger partial charge in [-0.15, -0.1) is 6.58 Å². The van der Waals surface area contributed by atoms with E-state index in [1.165, 1.54) is 0 Å². The number of amides is 1. The number of aromatic amines is 1. The predicted molar refractivity (Wildman–Crippen MR) is 90.2 cm³/mol. The van der Waals surface area contributed by atoms with E-state index in [2.05, 4.69) is 16.9 Å². The fourth-order valence-electron chi connectivity index (χ4n) is 2.65. The first-order valence-corrected chi connectivity index (χ1v) is 7.61. The molecular formula is C18H22N2O3. The number of allylic oxidation sites excluding steroid dienone is 1. The number of hydrogen-bond donors (Lipinski definition) is 3. The Hall–Kier alpha value is -2.56. The van der Waals surface area contributed by atoms with Crippen LogP contribution in [-0.4, -0.2) is 28.0 Å². The molecule has 0 saturated carbocycles. The summed E-state index contributed by atoms with van der Waals surface area (Å²) in [5, 5.41) is 13.0. The number of carboxylic acid groups (broad SMARTS) is 1. The average Bonchev–Trinajstić information content (AvgIpc) is 2.89. The lowest BCUT2D eigenvalue weighted by Gasteiger charge is -2.17. The van der Waals surface area contributed by atoms with E-state index in [0.717, 1.165) is 22.0 Å². The molecule has 2 rings (SSSR count). The molecule has 23 heavy (non-hydrogen) atoms. The molecule has 0 fully saturated rings. The van der Waals surface area contributed by atoms with Crippen molar-refractivity contribution in [3.8, 4) is 0 Å². The van der Waals surface area contributed by atoms with Gasteiger partial charge < -0.3 is 15.4 Å². The molecule has 2 unspecified atom stereocenters. The van der Waals surface area contributed by atoms with Crippen molar-refractivity contribution < 1.29 is 14.7 Å². The largest absolute Gasteiger partial charge is 0.480 e. The van der Waals surface area contributed by atoms with Gasteiger partial charge in [-0.25, -0.2) is 4.79 Å². The van der Waals surface area contributed by atoms with Crippen LogP contribution in [0.5, 0.6) is 0 Å². The van der Waals surface area contributed by atoms with Crippen molar-refractivity contribution in [2.75, 3.05) is 0 Å². The topological polar surface area (TPSA) is 82.2 Å². The van der Waals surface area contributed by atoms with E-state index in [9.17, 15) is 14.7 Å². The third-order valence-corrected chi connectivity index (χ3v) is 3.82. The maximum Gasteiger partial charge on any atom is 0.326 e. The maximum atomic E-state index is 12.2. The molecule has 2 atom stereocenters. The quantitative estimate of drug-likeness (QED) is 0.687. The smallest absolute Gasteiger partial charge is 0.326 e. The molecule has 1 amide bonds. The van der Waals surface area contributed by atoms with Crippen molar-refractivity contribution in [1.29, 1.82) is 0 Å². The zero-order valence-electron chi connectivity index (χ0n) is 13.4. The Morgan fingerprint density at radius 1 is 1.35 bits per heavy atom. The lowest BCUT2D eigenvalue weighted by molar-refractivity contribution is -0.142. The second-order valence-corrected chi connectivity index (χ2v) is 6.03. The fourth-order valence-corrected chi connectivity index (χ4v) is 2.65. The summed E-state index contributed by atoms with van der Waals surface area (Å²) in [6.07, 6.45) is 2.58. The number of benzene rings is 1. The van der Waals surface area contributed by atoms with E-state index in [4.69, 9.17) is 0 Å². The van der Waals surface area contributed by atoms with Gasteiger partial charge in [0.1, 0.15) is 6.04 Å². The molecule has 122 valence electrons. The van der Waals surface area contributed by atoms with E-state index in [0.29, 0.717) is 6.42 Å². The molecule has 1 aromatic heterocycles. The van der Waals surface area contributed by atoms with E-state index < -0.39 is 12.0 Å². The number of carboxylic acids is 1. The molecule has 0 aliphatic rings. The molecule has 0 aliphatic carbocycles. The highest BCUT2D eigenvalue weighted by Crippen LogP contribution is 2.19. The Bertz CT molecular complexity index is 733. The molecule has 5 heteroatoms. The van der Waals surface area contributed by atoms with Gasteiger partial charge in [0, 0.05) is 29.4 Å². The van der Waals surface area contributed by atoms with Gasteiger partial charge in [-0.3, -0.25) is 4.79 Å². The van der Waals surface area contributed by atoms with Crippen molar-refractivity contribution in [1.82, 2.24) is 10.3 Å². The predicted octanol–water partition coefficient (Wildman–Crippen LogP) is 2.88. The number of rotatable bonds is 7. The van der Waals surface area contributed by atoms with Crippen molar-refractivity contribution in [3.63, 3.8) is 0 Å². The first-order chi connectivity index (χ1) is 10.9. The zero-order chi connectivity index (χ0) is 17.0. The zero-order valence-corrected chi connectivity index (χ0v) is 13.4. The van der Waals surface area contributed by atoms with Gasteiger partial charge in [-0.1, -0.05) is 30.7 Å². The Morgan fingerprint density at radius 3 is 2.70 bits per heavy atom. The average molecular weight is 314 g/mol. The summed E-state index contributed by atoms with van der Waals surface area (Å²) in [6, 6.07) is 6.74. The van der Waals surface area contributed by atoms with Crippen molar-refractivity contribution in [3.05, 3.63) is 48.2 Å². The third-order valence-electron chi connectivity index (χ3n) is 3.82. The Balaban J connectivity index is 2.11. The molecular weight excluding hydrogens is 292 g/mol. The van der Waals surface area contributed by atoms with Crippen LogP contribution in [0.2, 0.25) is 0 Å². The number of aliphatic carboxylic acids is 1. The normalized spacial score (nSPS) is 13.5. The van der Waals surface area contributed by atoms with Crippen LogP contribution in [0.3, 0.4) is 0 Å². The molecule has 1 aromatic carbocycles. The number of fused-ring (bicyclic) bond motifs is 1. The summed E-state index contributed by atoms with van der Waals surface area (Å²) in [6.45, 7) is 7.41. The highest BCUT2D eigenvalue weighted by atomic mass is 16.4. The molecule has 0 bridgehead atoms. The number of carbonyl (C=O) groups is 2. The number of hydrogen-bond acceptors (Lipinski definition) is 2.